The molecule has 0 spiro atoms. The monoisotopic (exact) mass is 238 g/mol. The lowest BCUT2D eigenvalue weighted by molar-refractivity contribution is 0.0734. The Kier molecular flexibility index (Phi) is 2.53. The van der Waals surface area contributed by atoms with Gasteiger partial charge in [0.25, 0.3) is 0 Å². The van der Waals surface area contributed by atoms with Gasteiger partial charge in [0, 0.05) is 12.4 Å². The molecule has 3 aromatic rings. The van der Waals surface area contributed by atoms with Crippen molar-refractivity contribution >= 4 is 11.6 Å². The molecule has 4 nitrogen and oxygen atoms in total. The molecule has 0 N–H and O–H groups in total. The van der Waals surface area contributed by atoms with E-state index < -0.39 is 0 Å². The number of benzene rings is 1. The molecule has 2 heterocycles. The summed E-state index contributed by atoms with van der Waals surface area (Å²) in [4.78, 5) is 16.0. The van der Waals surface area contributed by atoms with Crippen LogP contribution >= 0.6 is 0 Å². The number of carbonyl (C=O) groups is 1. The number of pyridine rings is 1. The number of carbonyl (C=O) groups excluding carboxylic acids is 1. The fourth-order valence-electron chi connectivity index (χ4n) is 1.70. The van der Waals surface area contributed by atoms with Crippen LogP contribution in [0.15, 0.2) is 61.1 Å². The second-order valence-electron chi connectivity index (χ2n) is 3.81. The Morgan fingerprint density at radius 3 is 2.78 bits per heavy atom. The average Bonchev–Trinajstić information content (AvgIpc) is 2.87. The maximum Gasteiger partial charge on any atom is 0.343 e. The molecular weight excluding hydrogens is 228 g/mol. The van der Waals surface area contributed by atoms with E-state index >= 15 is 0 Å². The van der Waals surface area contributed by atoms with Crippen LogP contribution < -0.4 is 4.74 Å². The van der Waals surface area contributed by atoms with Crippen molar-refractivity contribution in [3.8, 4) is 5.75 Å². The normalized spacial score (nSPS) is 10.4. The summed E-state index contributed by atoms with van der Waals surface area (Å²) in [6.07, 6.45) is 5.22. The van der Waals surface area contributed by atoms with E-state index in [1.165, 1.54) is 0 Å². The third kappa shape index (κ3) is 1.96. The molecule has 3 rings (SSSR count). The molecule has 2 aromatic heterocycles. The maximum atomic E-state index is 11.8. The first-order valence-corrected chi connectivity index (χ1v) is 5.53. The zero-order chi connectivity index (χ0) is 12.4. The predicted octanol–water partition coefficient (Wildman–Crippen LogP) is 2.55. The zero-order valence-corrected chi connectivity index (χ0v) is 9.48. The summed E-state index contributed by atoms with van der Waals surface area (Å²) in [6, 6.07) is 12.4. The lowest BCUT2D eigenvalue weighted by Crippen LogP contribution is -2.08. The van der Waals surface area contributed by atoms with Crippen molar-refractivity contribution in [2.45, 2.75) is 0 Å². The molecule has 0 aliphatic heterocycles. The standard InChI is InChI=1S/C14H10N2O2/c17-14(11-4-2-1-3-5-11)18-12-6-7-13-15-8-9-16(13)10-12/h1-10H. The third-order valence-electron chi connectivity index (χ3n) is 2.58. The van der Waals surface area contributed by atoms with Gasteiger partial charge in [-0.3, -0.25) is 0 Å². The van der Waals surface area contributed by atoms with Crippen molar-refractivity contribution in [1.82, 2.24) is 9.38 Å². The van der Waals surface area contributed by atoms with Gasteiger partial charge in [-0.1, -0.05) is 18.2 Å². The minimum absolute atomic E-state index is 0.366. The van der Waals surface area contributed by atoms with Crippen LogP contribution in [0, 0.1) is 0 Å². The summed E-state index contributed by atoms with van der Waals surface area (Å²) in [7, 11) is 0. The molecule has 0 amide bonds. The molecule has 4 heteroatoms. The largest absolute Gasteiger partial charge is 0.421 e. The van der Waals surface area contributed by atoms with Crippen molar-refractivity contribution in [3.63, 3.8) is 0 Å². The summed E-state index contributed by atoms with van der Waals surface area (Å²) in [5, 5.41) is 0. The van der Waals surface area contributed by atoms with Gasteiger partial charge in [-0.25, -0.2) is 9.78 Å². The summed E-state index contributed by atoms with van der Waals surface area (Å²) in [6.45, 7) is 0. The molecule has 0 saturated heterocycles. The SMILES string of the molecule is O=C(Oc1ccc2nccn2c1)c1ccccc1. The smallest absolute Gasteiger partial charge is 0.343 e. The van der Waals surface area contributed by atoms with Gasteiger partial charge in [0.1, 0.15) is 11.4 Å². The molecule has 0 atom stereocenters. The van der Waals surface area contributed by atoms with E-state index in [2.05, 4.69) is 4.98 Å². The molecule has 18 heavy (non-hydrogen) atoms. The molecule has 0 bridgehead atoms. The second-order valence-corrected chi connectivity index (χ2v) is 3.81. The average molecular weight is 238 g/mol. The van der Waals surface area contributed by atoms with Crippen LogP contribution in [0.1, 0.15) is 10.4 Å². The van der Waals surface area contributed by atoms with Crippen molar-refractivity contribution in [2.75, 3.05) is 0 Å². The Morgan fingerprint density at radius 1 is 1.11 bits per heavy atom. The van der Waals surface area contributed by atoms with Gasteiger partial charge < -0.3 is 9.14 Å². The van der Waals surface area contributed by atoms with Crippen LogP contribution in [-0.4, -0.2) is 15.4 Å². The van der Waals surface area contributed by atoms with Crippen molar-refractivity contribution in [2.24, 2.45) is 0 Å². The van der Waals surface area contributed by atoms with Gasteiger partial charge in [-0.2, -0.15) is 0 Å². The van der Waals surface area contributed by atoms with E-state index in [0.717, 1.165) is 5.65 Å². The summed E-state index contributed by atoms with van der Waals surface area (Å²) < 4.78 is 7.09. The lowest BCUT2D eigenvalue weighted by atomic mass is 10.2. The highest BCUT2D eigenvalue weighted by Gasteiger charge is 2.08. The fraction of sp³-hybridized carbons (Fsp3) is 0. The van der Waals surface area contributed by atoms with E-state index in [4.69, 9.17) is 4.74 Å². The Hall–Kier alpha value is -2.62. The molecule has 0 saturated carbocycles. The molecule has 1 aromatic carbocycles. The number of esters is 1. The molecule has 0 unspecified atom stereocenters. The van der Waals surface area contributed by atoms with Crippen LogP contribution in [0.25, 0.3) is 5.65 Å². The fourth-order valence-corrected chi connectivity index (χ4v) is 1.70. The van der Waals surface area contributed by atoms with Crippen LogP contribution in [-0.2, 0) is 0 Å². The molecule has 0 aliphatic rings. The summed E-state index contributed by atoms with van der Waals surface area (Å²) in [5.41, 5.74) is 1.35. The van der Waals surface area contributed by atoms with E-state index in [1.54, 1.807) is 59.4 Å². The number of rotatable bonds is 2. The van der Waals surface area contributed by atoms with E-state index in [-0.39, 0.29) is 5.97 Å². The van der Waals surface area contributed by atoms with Gasteiger partial charge in [0.2, 0.25) is 0 Å². The number of fused-ring (bicyclic) bond motifs is 1. The Bertz CT molecular complexity index is 689. The molecular formula is C14H10N2O2. The van der Waals surface area contributed by atoms with Crippen molar-refractivity contribution < 1.29 is 9.53 Å². The Morgan fingerprint density at radius 2 is 1.94 bits per heavy atom. The highest BCUT2D eigenvalue weighted by molar-refractivity contribution is 5.90. The third-order valence-corrected chi connectivity index (χ3v) is 2.58. The first-order valence-electron chi connectivity index (χ1n) is 5.53. The van der Waals surface area contributed by atoms with Gasteiger partial charge in [-0.15, -0.1) is 0 Å². The van der Waals surface area contributed by atoms with E-state index in [1.807, 2.05) is 6.07 Å². The number of imidazole rings is 1. The van der Waals surface area contributed by atoms with Gasteiger partial charge in [0.05, 0.1) is 11.8 Å². The van der Waals surface area contributed by atoms with Gasteiger partial charge in [0.15, 0.2) is 0 Å². The minimum atomic E-state index is -0.366. The van der Waals surface area contributed by atoms with E-state index in [0.29, 0.717) is 11.3 Å². The number of nitrogens with zero attached hydrogens (tertiary/aromatic N) is 2. The zero-order valence-electron chi connectivity index (χ0n) is 9.48. The van der Waals surface area contributed by atoms with Crippen LogP contribution in [0.5, 0.6) is 5.75 Å². The number of hydrogen-bond donors (Lipinski definition) is 0. The van der Waals surface area contributed by atoms with Crippen LogP contribution in [0.3, 0.4) is 0 Å². The van der Waals surface area contributed by atoms with Crippen LogP contribution in [0.4, 0.5) is 0 Å². The summed E-state index contributed by atoms with van der Waals surface area (Å²) in [5.74, 6) is 0.129. The van der Waals surface area contributed by atoms with E-state index in [9.17, 15) is 4.79 Å². The molecule has 88 valence electrons. The first kappa shape index (κ1) is 10.5. The second kappa shape index (κ2) is 4.33. The van der Waals surface area contributed by atoms with Crippen molar-refractivity contribution in [3.05, 3.63) is 66.6 Å². The Labute approximate surface area is 103 Å². The van der Waals surface area contributed by atoms with Crippen molar-refractivity contribution in [1.29, 1.82) is 0 Å². The minimum Gasteiger partial charge on any atom is -0.421 e. The quantitative estimate of drug-likeness (QED) is 0.644. The molecule has 0 radical (unpaired) electrons. The molecule has 0 aliphatic carbocycles. The van der Waals surface area contributed by atoms with Crippen LogP contribution in [0.2, 0.25) is 0 Å². The number of hydrogen-bond acceptors (Lipinski definition) is 3. The number of ether oxygens (including phenoxy) is 1. The summed E-state index contributed by atoms with van der Waals surface area (Å²) >= 11 is 0. The highest BCUT2D eigenvalue weighted by atomic mass is 16.5. The maximum absolute atomic E-state index is 11.8. The lowest BCUT2D eigenvalue weighted by Gasteiger charge is -2.04. The highest BCUT2D eigenvalue weighted by Crippen LogP contribution is 2.14. The molecule has 0 fully saturated rings. The van der Waals surface area contributed by atoms with Gasteiger partial charge in [-0.05, 0) is 24.3 Å². The topological polar surface area (TPSA) is 43.6 Å². The predicted molar refractivity (Wildman–Crippen MR) is 66.6 cm³/mol. The number of aromatic nitrogens is 2. The first-order chi connectivity index (χ1) is 8.83. The Balaban J connectivity index is 1.86. The van der Waals surface area contributed by atoms with Gasteiger partial charge >= 0.3 is 5.97 Å².